The molecule has 5 N–H and O–H groups in total. The van der Waals surface area contributed by atoms with Crippen LogP contribution in [-0.4, -0.2) is 199 Å². The zero-order chi connectivity index (χ0) is 70.1. The molecular formula is C66H120B3N8O13S4. The molecule has 1 atom stereocenters. The van der Waals surface area contributed by atoms with Crippen molar-refractivity contribution >= 4 is 88.8 Å². The van der Waals surface area contributed by atoms with Gasteiger partial charge < -0.3 is 69.2 Å². The molecule has 535 valence electrons. The van der Waals surface area contributed by atoms with Crippen molar-refractivity contribution in [2.75, 3.05) is 136 Å². The number of nitrogens with one attached hydrogen (secondary N) is 5. The summed E-state index contributed by atoms with van der Waals surface area (Å²) in [5.74, 6) is 11.4. The van der Waals surface area contributed by atoms with Crippen molar-refractivity contribution in [2.45, 2.75) is 176 Å². The van der Waals surface area contributed by atoms with E-state index in [1.807, 2.05) is 57.7 Å². The summed E-state index contributed by atoms with van der Waals surface area (Å²) in [6, 6.07) is 7.30. The van der Waals surface area contributed by atoms with E-state index in [1.165, 1.54) is 12.8 Å². The highest BCUT2D eigenvalue weighted by Crippen LogP contribution is 2.39. The second kappa shape index (κ2) is 66.7. The maximum absolute atomic E-state index is 12.4. The fourth-order valence-electron chi connectivity index (χ4n) is 6.97. The van der Waals surface area contributed by atoms with Crippen LogP contribution in [0.15, 0.2) is 65.5 Å². The van der Waals surface area contributed by atoms with Crippen molar-refractivity contribution in [1.82, 2.24) is 26.6 Å². The molecule has 4 amide bonds. The molecule has 1 aromatic rings. The normalized spacial score (nSPS) is 11.9. The number of rotatable bonds is 58. The van der Waals surface area contributed by atoms with Crippen LogP contribution >= 0.6 is 43.2 Å². The van der Waals surface area contributed by atoms with Crippen LogP contribution in [0.4, 0.5) is 4.79 Å². The summed E-state index contributed by atoms with van der Waals surface area (Å²) in [4.78, 5) is 50.2. The Bertz CT molecular complexity index is 2140. The number of ether oxygens (including phenoxy) is 9. The van der Waals surface area contributed by atoms with E-state index in [0.29, 0.717) is 138 Å². The van der Waals surface area contributed by atoms with E-state index in [2.05, 4.69) is 155 Å². The molecule has 0 aromatic heterocycles. The van der Waals surface area contributed by atoms with Crippen molar-refractivity contribution in [3.8, 4) is 5.75 Å². The van der Waals surface area contributed by atoms with Gasteiger partial charge in [-0.2, -0.15) is 0 Å². The Hall–Kier alpha value is -3.50. The predicted octanol–water partition coefficient (Wildman–Crippen LogP) is 13.1. The summed E-state index contributed by atoms with van der Waals surface area (Å²) in [6.07, 6.45) is 11.3. The third-order valence-electron chi connectivity index (χ3n) is 12.0. The van der Waals surface area contributed by atoms with Gasteiger partial charge in [0.25, 0.3) is 5.91 Å². The fourth-order valence-corrected chi connectivity index (χ4v) is 10.9. The molecule has 0 saturated carbocycles. The molecule has 94 heavy (non-hydrogen) atoms. The minimum atomic E-state index is -0.898. The average Bonchev–Trinajstić information content (AvgIpc) is 1.01. The first-order valence-corrected chi connectivity index (χ1v) is 38.2. The fraction of sp³-hybridized carbons (Fsp3) is 0.758. The smallest absolute Gasteiger partial charge is 0.407 e. The van der Waals surface area contributed by atoms with Gasteiger partial charge in [-0.25, -0.2) is 4.79 Å². The molecule has 1 unspecified atom stereocenters. The van der Waals surface area contributed by atoms with E-state index in [0.717, 1.165) is 43.9 Å². The lowest BCUT2D eigenvalue weighted by Crippen LogP contribution is -2.31. The number of nitrogens with zero attached hydrogens (tertiary/aromatic N) is 3. The van der Waals surface area contributed by atoms with Crippen molar-refractivity contribution in [1.29, 1.82) is 0 Å². The Morgan fingerprint density at radius 2 is 1.18 bits per heavy atom. The zero-order valence-corrected chi connectivity index (χ0v) is 62.9. The zero-order valence-electron chi connectivity index (χ0n) is 59.6. The Labute approximate surface area is 585 Å². The lowest BCUT2D eigenvalue weighted by molar-refractivity contribution is -0.126. The standard InChI is InChI=1S/C27H43BN5O6.C20H39BNO4S2.C19H38BN2O3S2/c1-21(2)8-6-12-31-27(35)23-9-5-10-24(18-23)39-20-26(32-33-29)38-17-16-37-19-25(34)30-13-15-36-14-7-11-28-22(3)4;1-17(2)8-9-20(5,6)28-27-16-25-14-15-26-19(23)22-11-13-24-12-7-10-21-18(3)4;1-17(2)20-9-7-13-24-14-10-22-19(23)8-5-6-12-25-16-27-26-15-11-21-18(3)4/h5,7,9-11,18,21-22,26H,6,8,12-17,19-20H2,1-4H3,(H,30,34)(H,31,35);7,10,17-18H,8-9,11-16H2,1-6H3,(H,22,23);7,9,17-18,21H,5-6,8,10-16H2,1-4H3,(H,22,23)/b11-7+;10-7+;9-7+. The van der Waals surface area contributed by atoms with Crippen molar-refractivity contribution in [3.05, 3.63) is 76.4 Å². The van der Waals surface area contributed by atoms with Gasteiger partial charge in [0.1, 0.15) is 59.3 Å². The van der Waals surface area contributed by atoms with Gasteiger partial charge in [-0.15, -0.1) is 17.9 Å². The number of azide groups is 1. The minimum absolute atomic E-state index is 0.0469. The van der Waals surface area contributed by atoms with Gasteiger partial charge in [0.15, 0.2) is 6.23 Å². The largest absolute Gasteiger partial charge is 0.491 e. The molecule has 0 aliphatic rings. The molecule has 3 radical (unpaired) electrons. The van der Waals surface area contributed by atoms with Gasteiger partial charge in [-0.1, -0.05) is 173 Å². The molecule has 1 aromatic carbocycles. The number of benzene rings is 1. The Balaban J connectivity index is 0. The first kappa shape index (κ1) is 92.6. The van der Waals surface area contributed by atoms with Crippen LogP contribution in [0.3, 0.4) is 0 Å². The van der Waals surface area contributed by atoms with Crippen LogP contribution < -0.4 is 31.3 Å². The van der Waals surface area contributed by atoms with E-state index in [1.54, 1.807) is 45.9 Å². The van der Waals surface area contributed by atoms with Gasteiger partial charge in [-0.3, -0.25) is 14.4 Å². The quantitative estimate of drug-likeness (QED) is 0.00772. The molecule has 0 aliphatic heterocycles. The summed E-state index contributed by atoms with van der Waals surface area (Å²) < 4.78 is 49.1. The third-order valence-corrected chi connectivity index (χ3v) is 17.1. The van der Waals surface area contributed by atoms with Crippen molar-refractivity contribution in [2.24, 2.45) is 17.0 Å². The minimum Gasteiger partial charge on any atom is -0.491 e. The number of hydrogen-bond acceptors (Lipinski definition) is 19. The molecule has 0 fully saturated rings. The van der Waals surface area contributed by atoms with Crippen LogP contribution in [0, 0.1) is 11.8 Å². The van der Waals surface area contributed by atoms with E-state index in [-0.39, 0.29) is 55.5 Å². The Kier molecular flexibility index (Phi) is 65.7. The molecule has 0 saturated heterocycles. The van der Waals surface area contributed by atoms with Gasteiger partial charge >= 0.3 is 6.09 Å². The maximum atomic E-state index is 12.4. The highest BCUT2D eigenvalue weighted by Gasteiger charge is 2.19. The predicted molar refractivity (Wildman–Crippen MR) is 398 cm³/mol. The van der Waals surface area contributed by atoms with Gasteiger partial charge in [0.2, 0.25) is 11.8 Å². The van der Waals surface area contributed by atoms with Gasteiger partial charge in [0.05, 0.1) is 59.5 Å². The second-order valence-corrected chi connectivity index (χ2v) is 29.7. The molecule has 28 heteroatoms. The number of carbonyl (C=O) groups is 4. The first-order valence-electron chi connectivity index (χ1n) is 33.4. The van der Waals surface area contributed by atoms with E-state index in [4.69, 9.17) is 48.2 Å². The van der Waals surface area contributed by atoms with Gasteiger partial charge in [0, 0.05) is 72.8 Å². The lowest BCUT2D eigenvalue weighted by Gasteiger charge is -2.24. The maximum Gasteiger partial charge on any atom is 0.407 e. The van der Waals surface area contributed by atoms with Gasteiger partial charge in [-0.05, 0) is 87.9 Å². The third kappa shape index (κ3) is 71.3. The van der Waals surface area contributed by atoms with E-state index >= 15 is 0 Å². The molecule has 21 nitrogen and oxygen atoms in total. The number of hydrogen-bond donors (Lipinski definition) is 5. The topological polar surface area (TPSA) is 260 Å². The summed E-state index contributed by atoms with van der Waals surface area (Å²) >= 11 is 0. The summed E-state index contributed by atoms with van der Waals surface area (Å²) in [5, 5.41) is 18.1. The van der Waals surface area contributed by atoms with Crippen LogP contribution in [0.1, 0.15) is 152 Å². The molecule has 0 bridgehead atoms. The van der Waals surface area contributed by atoms with Crippen molar-refractivity contribution in [3.63, 3.8) is 0 Å². The highest BCUT2D eigenvalue weighted by molar-refractivity contribution is 8.77. The Morgan fingerprint density at radius 1 is 0.606 bits per heavy atom. The van der Waals surface area contributed by atoms with Crippen LogP contribution in [0.25, 0.3) is 10.4 Å². The van der Waals surface area contributed by atoms with Crippen LogP contribution in [0.2, 0.25) is 17.5 Å². The molecule has 0 spiro atoms. The molecular weight excluding hydrogens is 1270 g/mol. The van der Waals surface area contributed by atoms with Crippen LogP contribution in [-0.2, 0) is 47.5 Å². The summed E-state index contributed by atoms with van der Waals surface area (Å²) in [5.41, 5.74) is 9.30. The number of carbonyl (C=O) groups excluding carboxylic acids is 4. The molecule has 0 heterocycles. The second-order valence-electron chi connectivity index (χ2n) is 24.2. The average molecular weight is 1390 g/mol. The molecule has 0 aliphatic carbocycles. The summed E-state index contributed by atoms with van der Waals surface area (Å²) in [7, 11) is 13.4. The van der Waals surface area contributed by atoms with Crippen molar-refractivity contribution < 1.29 is 61.8 Å². The lowest BCUT2D eigenvalue weighted by atomic mass is 9.66. The SMILES string of the molecule is CC(C)[B]/C=C/COCCNC(=O)CCCCOCSSCCNC(C)C.CC(C)[B]/C=C/COCCNC(=O)COCCOC(COc1cccc(C(=O)NCCCC(C)C)c1)N=[N+]=[N-].CC(C)[B]/C=C/COCCNC(=O)OCCOCSSC(C)(C)CCC(C)C. The highest BCUT2D eigenvalue weighted by atomic mass is 33.1. The van der Waals surface area contributed by atoms with E-state index in [9.17, 15) is 19.2 Å². The first-order chi connectivity index (χ1) is 45.1. The number of alkyl carbamates (subject to hydrolysis) is 1. The monoisotopic (exact) mass is 1390 g/mol. The Morgan fingerprint density at radius 3 is 1.77 bits per heavy atom. The number of amides is 4. The molecule has 1 rings (SSSR count). The summed E-state index contributed by atoms with van der Waals surface area (Å²) in [6.45, 7) is 37.8. The van der Waals surface area contributed by atoms with E-state index < -0.39 is 12.3 Å². The van der Waals surface area contributed by atoms with Crippen LogP contribution in [0.5, 0.6) is 5.75 Å². The number of unbranched alkanes of at least 4 members (excludes halogenated alkanes) is 1.